The molecule has 0 amide bonds. The summed E-state index contributed by atoms with van der Waals surface area (Å²) in [6, 6.07) is 0.184. The molecule has 0 saturated heterocycles. The van der Waals surface area contributed by atoms with Gasteiger partial charge in [-0.3, -0.25) is 0 Å². The van der Waals surface area contributed by atoms with Crippen molar-refractivity contribution in [2.45, 2.75) is 26.0 Å². The second-order valence-electron chi connectivity index (χ2n) is 3.05. The fourth-order valence-corrected chi connectivity index (χ4v) is 1.02. The van der Waals surface area contributed by atoms with Crippen molar-refractivity contribution in [1.82, 2.24) is 4.90 Å². The lowest BCUT2D eigenvalue weighted by molar-refractivity contribution is 0.139. The van der Waals surface area contributed by atoms with Crippen molar-refractivity contribution in [2.24, 2.45) is 5.73 Å². The molecule has 0 fully saturated rings. The van der Waals surface area contributed by atoms with Crippen molar-refractivity contribution in [3.63, 3.8) is 0 Å². The summed E-state index contributed by atoms with van der Waals surface area (Å²) in [5.41, 5.74) is 5.55. The first-order valence-electron chi connectivity index (χ1n) is 3.64. The lowest BCUT2D eigenvalue weighted by atomic mass is 10.3. The Labute approximate surface area is 62.8 Å². The second kappa shape index (κ2) is 4.66. The van der Waals surface area contributed by atoms with E-state index in [1.165, 1.54) is 0 Å². The Morgan fingerprint density at radius 3 is 2.20 bits per heavy atom. The summed E-state index contributed by atoms with van der Waals surface area (Å²) in [4.78, 5) is 2.02. The van der Waals surface area contributed by atoms with Crippen LogP contribution in [-0.2, 0) is 0 Å². The molecule has 0 aromatic heterocycles. The molecule has 0 aliphatic rings. The number of nitrogens with zero attached hydrogens (tertiary/aromatic N) is 1. The van der Waals surface area contributed by atoms with Crippen LogP contribution in [0.4, 0.5) is 0 Å². The van der Waals surface area contributed by atoms with Crippen LogP contribution in [-0.4, -0.2) is 42.3 Å². The van der Waals surface area contributed by atoms with Crippen LogP contribution in [0.2, 0.25) is 0 Å². The monoisotopic (exact) mass is 146 g/mol. The highest BCUT2D eigenvalue weighted by Gasteiger charge is 2.03. The van der Waals surface area contributed by atoms with Gasteiger partial charge in [-0.2, -0.15) is 0 Å². The van der Waals surface area contributed by atoms with Crippen LogP contribution >= 0.6 is 0 Å². The zero-order valence-electron chi connectivity index (χ0n) is 7.04. The highest BCUT2D eigenvalue weighted by molar-refractivity contribution is 4.61. The molecular weight excluding hydrogens is 128 g/mol. The molecule has 0 heterocycles. The van der Waals surface area contributed by atoms with Crippen molar-refractivity contribution in [2.75, 3.05) is 20.1 Å². The minimum absolute atomic E-state index is 0.184. The zero-order valence-corrected chi connectivity index (χ0v) is 7.04. The molecule has 2 atom stereocenters. The third-order valence-corrected chi connectivity index (χ3v) is 1.18. The average Bonchev–Trinajstić information content (AvgIpc) is 1.58. The number of aliphatic hydroxyl groups is 1. The molecule has 2 unspecified atom stereocenters. The molecule has 0 aliphatic heterocycles. The van der Waals surface area contributed by atoms with E-state index in [2.05, 4.69) is 0 Å². The van der Waals surface area contributed by atoms with Crippen LogP contribution in [0.25, 0.3) is 0 Å². The molecule has 3 N–H and O–H groups in total. The van der Waals surface area contributed by atoms with Crippen molar-refractivity contribution in [1.29, 1.82) is 0 Å². The van der Waals surface area contributed by atoms with Gasteiger partial charge < -0.3 is 15.7 Å². The van der Waals surface area contributed by atoms with Gasteiger partial charge >= 0.3 is 0 Å². The highest BCUT2D eigenvalue weighted by Crippen LogP contribution is 1.88. The molecule has 0 bridgehead atoms. The molecule has 62 valence electrons. The molecule has 0 aromatic rings. The SMILES string of the molecule is CC(N)CN(C)CC(C)O. The van der Waals surface area contributed by atoms with E-state index in [-0.39, 0.29) is 12.1 Å². The summed E-state index contributed by atoms with van der Waals surface area (Å²) < 4.78 is 0. The number of nitrogens with two attached hydrogens (primary N) is 1. The van der Waals surface area contributed by atoms with Gasteiger partial charge in [-0.05, 0) is 20.9 Å². The molecule has 0 aliphatic carbocycles. The second-order valence-corrected chi connectivity index (χ2v) is 3.05. The lowest BCUT2D eigenvalue weighted by Crippen LogP contribution is -2.36. The van der Waals surface area contributed by atoms with Crippen LogP contribution < -0.4 is 5.73 Å². The van der Waals surface area contributed by atoms with Crippen molar-refractivity contribution < 1.29 is 5.11 Å². The molecule has 0 radical (unpaired) electrons. The van der Waals surface area contributed by atoms with Gasteiger partial charge in [0.25, 0.3) is 0 Å². The first-order chi connectivity index (χ1) is 4.52. The van der Waals surface area contributed by atoms with E-state index >= 15 is 0 Å². The summed E-state index contributed by atoms with van der Waals surface area (Å²) >= 11 is 0. The number of rotatable bonds is 4. The van der Waals surface area contributed by atoms with E-state index in [0.29, 0.717) is 6.54 Å². The van der Waals surface area contributed by atoms with Crippen LogP contribution in [0.1, 0.15) is 13.8 Å². The third-order valence-electron chi connectivity index (χ3n) is 1.18. The maximum absolute atomic E-state index is 8.95. The number of hydrogen-bond donors (Lipinski definition) is 2. The van der Waals surface area contributed by atoms with Gasteiger partial charge in [-0.1, -0.05) is 0 Å². The Morgan fingerprint density at radius 1 is 1.40 bits per heavy atom. The standard InChI is InChI=1S/C7H18N2O/c1-6(8)4-9(3)5-7(2)10/h6-7,10H,4-5,8H2,1-3H3. The maximum atomic E-state index is 8.95. The van der Waals surface area contributed by atoms with Crippen LogP contribution in [0.3, 0.4) is 0 Å². The third kappa shape index (κ3) is 6.01. The summed E-state index contributed by atoms with van der Waals surface area (Å²) in [5.74, 6) is 0. The quantitative estimate of drug-likeness (QED) is 0.570. The smallest absolute Gasteiger partial charge is 0.0638 e. The van der Waals surface area contributed by atoms with Crippen LogP contribution in [0.15, 0.2) is 0 Å². The van der Waals surface area contributed by atoms with Crippen molar-refractivity contribution >= 4 is 0 Å². The number of hydrogen-bond acceptors (Lipinski definition) is 3. The Morgan fingerprint density at radius 2 is 1.90 bits per heavy atom. The molecule has 0 aromatic carbocycles. The van der Waals surface area contributed by atoms with Gasteiger partial charge in [-0.15, -0.1) is 0 Å². The number of aliphatic hydroxyl groups excluding tert-OH is 1. The van der Waals surface area contributed by atoms with E-state index in [9.17, 15) is 0 Å². The van der Waals surface area contributed by atoms with Gasteiger partial charge in [0, 0.05) is 19.1 Å². The first-order valence-corrected chi connectivity index (χ1v) is 3.64. The maximum Gasteiger partial charge on any atom is 0.0638 e. The Kier molecular flexibility index (Phi) is 4.60. The van der Waals surface area contributed by atoms with Gasteiger partial charge in [0.1, 0.15) is 0 Å². The van der Waals surface area contributed by atoms with Gasteiger partial charge in [-0.25, -0.2) is 0 Å². The van der Waals surface area contributed by atoms with Gasteiger partial charge in [0.15, 0.2) is 0 Å². The highest BCUT2D eigenvalue weighted by atomic mass is 16.3. The lowest BCUT2D eigenvalue weighted by Gasteiger charge is -2.19. The van der Waals surface area contributed by atoms with E-state index in [1.807, 2.05) is 18.9 Å². The first kappa shape index (κ1) is 9.88. The van der Waals surface area contributed by atoms with E-state index in [4.69, 9.17) is 10.8 Å². The molecule has 10 heavy (non-hydrogen) atoms. The van der Waals surface area contributed by atoms with Crippen molar-refractivity contribution in [3.05, 3.63) is 0 Å². The minimum Gasteiger partial charge on any atom is -0.392 e. The topological polar surface area (TPSA) is 49.5 Å². The van der Waals surface area contributed by atoms with E-state index in [0.717, 1.165) is 6.54 Å². The Bertz CT molecular complexity index is 73.7. The van der Waals surface area contributed by atoms with Crippen molar-refractivity contribution in [3.8, 4) is 0 Å². The molecule has 0 rings (SSSR count). The molecule has 0 saturated carbocycles. The largest absolute Gasteiger partial charge is 0.392 e. The summed E-state index contributed by atoms with van der Waals surface area (Å²) in [7, 11) is 1.95. The van der Waals surface area contributed by atoms with Gasteiger partial charge in [0.05, 0.1) is 6.10 Å². The summed E-state index contributed by atoms with van der Waals surface area (Å²) in [5, 5.41) is 8.95. The molecular formula is C7H18N2O. The van der Waals surface area contributed by atoms with E-state index < -0.39 is 0 Å². The summed E-state index contributed by atoms with van der Waals surface area (Å²) in [6.45, 7) is 5.27. The Balaban J connectivity index is 3.34. The minimum atomic E-state index is -0.260. The molecule has 0 spiro atoms. The van der Waals surface area contributed by atoms with E-state index in [1.54, 1.807) is 6.92 Å². The predicted molar refractivity (Wildman–Crippen MR) is 42.8 cm³/mol. The fraction of sp³-hybridized carbons (Fsp3) is 1.00. The zero-order chi connectivity index (χ0) is 8.15. The summed E-state index contributed by atoms with van der Waals surface area (Å²) in [6.07, 6.45) is -0.260. The van der Waals surface area contributed by atoms with Crippen LogP contribution in [0, 0.1) is 0 Å². The average molecular weight is 146 g/mol. The van der Waals surface area contributed by atoms with Crippen LogP contribution in [0.5, 0.6) is 0 Å². The Hall–Kier alpha value is -0.120. The normalized spacial score (nSPS) is 17.4. The predicted octanol–water partition coefficient (Wildman–Crippen LogP) is -0.354. The fourth-order valence-electron chi connectivity index (χ4n) is 1.02. The van der Waals surface area contributed by atoms with Gasteiger partial charge in [0.2, 0.25) is 0 Å². The molecule has 3 nitrogen and oxygen atoms in total. The molecule has 3 heteroatoms. The number of likely N-dealkylation sites (N-methyl/N-ethyl adjacent to an activating group) is 1.